The van der Waals surface area contributed by atoms with Crippen LogP contribution in [0.4, 0.5) is 8.78 Å². The van der Waals surface area contributed by atoms with E-state index < -0.39 is 11.7 Å². The Hall–Kier alpha value is -4.10. The van der Waals surface area contributed by atoms with Gasteiger partial charge in [-0.25, -0.2) is 9.97 Å². The minimum Gasteiger partial charge on any atom is -0.235 e. The van der Waals surface area contributed by atoms with Gasteiger partial charge in [0.05, 0.1) is 21.8 Å². The first-order valence-electron chi connectivity index (χ1n) is 9.65. The lowest BCUT2D eigenvalue weighted by Gasteiger charge is -2.15. The fourth-order valence-corrected chi connectivity index (χ4v) is 3.54. The van der Waals surface area contributed by atoms with Crippen molar-refractivity contribution < 1.29 is 8.78 Å². The molecule has 5 aromatic rings. The Morgan fingerprint density at radius 1 is 0.909 bits per heavy atom. The van der Waals surface area contributed by atoms with Crippen LogP contribution in [0.5, 0.6) is 0 Å². The third kappa shape index (κ3) is 3.83. The maximum atomic E-state index is 15.6. The van der Waals surface area contributed by atoms with E-state index in [0.29, 0.717) is 32.7 Å². The van der Waals surface area contributed by atoms with E-state index in [1.807, 2.05) is 0 Å². The van der Waals surface area contributed by atoms with Crippen molar-refractivity contribution in [1.82, 2.24) is 29.8 Å². The molecule has 0 saturated heterocycles. The summed E-state index contributed by atoms with van der Waals surface area (Å²) in [5.74, 6) is -3.80. The topological polar surface area (TPSA) is 92.6 Å². The van der Waals surface area contributed by atoms with Crippen molar-refractivity contribution in [2.75, 3.05) is 0 Å². The van der Waals surface area contributed by atoms with E-state index in [-0.39, 0.29) is 11.2 Å². The lowest BCUT2D eigenvalue weighted by atomic mass is 10.0. The molecule has 2 aromatic carbocycles. The van der Waals surface area contributed by atoms with Crippen LogP contribution < -0.4 is 0 Å². The molecule has 0 fully saturated rings. The van der Waals surface area contributed by atoms with Crippen LogP contribution in [-0.4, -0.2) is 29.8 Å². The minimum atomic E-state index is -3.50. The van der Waals surface area contributed by atoms with Crippen LogP contribution in [0, 0.1) is 11.3 Å². The van der Waals surface area contributed by atoms with E-state index in [0.717, 1.165) is 4.52 Å². The second-order valence-electron chi connectivity index (χ2n) is 7.08. The van der Waals surface area contributed by atoms with Crippen molar-refractivity contribution in [3.63, 3.8) is 0 Å². The molecule has 0 saturated carbocycles. The number of aromatic nitrogens is 6. The highest BCUT2D eigenvalue weighted by Gasteiger charge is 2.40. The van der Waals surface area contributed by atoms with Gasteiger partial charge in [-0.1, -0.05) is 30.3 Å². The first-order valence-corrected chi connectivity index (χ1v) is 10.4. The van der Waals surface area contributed by atoms with Gasteiger partial charge < -0.3 is 0 Å². The number of rotatable bonds is 4. The summed E-state index contributed by atoms with van der Waals surface area (Å²) in [6.07, 6.45) is 3.10. The Morgan fingerprint density at radius 3 is 2.45 bits per heavy atom. The van der Waals surface area contributed by atoms with Gasteiger partial charge in [-0.05, 0) is 46.3 Å². The number of hydrogen-bond donors (Lipinski definition) is 0. The van der Waals surface area contributed by atoms with Crippen molar-refractivity contribution in [2.45, 2.75) is 5.92 Å². The largest absolute Gasteiger partial charge is 0.333 e. The average molecular weight is 504 g/mol. The van der Waals surface area contributed by atoms with Crippen molar-refractivity contribution in [2.24, 2.45) is 0 Å². The summed E-state index contributed by atoms with van der Waals surface area (Å²) >= 11 is 3.26. The van der Waals surface area contributed by atoms with E-state index in [2.05, 4.69) is 47.3 Å². The smallest absolute Gasteiger partial charge is 0.235 e. The molecule has 0 spiro atoms. The Balaban J connectivity index is 1.59. The van der Waals surface area contributed by atoms with Gasteiger partial charge in [-0.3, -0.25) is 0 Å². The summed E-state index contributed by atoms with van der Waals surface area (Å²) in [4.78, 5) is 8.34. The van der Waals surface area contributed by atoms with Crippen molar-refractivity contribution in [1.29, 1.82) is 5.26 Å². The highest BCUT2D eigenvalue weighted by atomic mass is 79.9. The van der Waals surface area contributed by atoms with Gasteiger partial charge in [0.1, 0.15) is 0 Å². The van der Waals surface area contributed by atoms with Crippen LogP contribution in [0.15, 0.2) is 77.5 Å². The maximum Gasteiger partial charge on any atom is 0.333 e. The second-order valence-corrected chi connectivity index (χ2v) is 8.00. The lowest BCUT2D eigenvalue weighted by molar-refractivity contribution is 0.0307. The second kappa shape index (κ2) is 8.11. The van der Waals surface area contributed by atoms with E-state index in [4.69, 9.17) is 5.26 Å². The number of alkyl halides is 2. The highest BCUT2D eigenvalue weighted by molar-refractivity contribution is 9.10. The summed E-state index contributed by atoms with van der Waals surface area (Å²) < 4.78 is 32.9. The van der Waals surface area contributed by atoms with Crippen molar-refractivity contribution in [3.05, 3.63) is 94.5 Å². The quantitative estimate of drug-likeness (QED) is 0.341. The van der Waals surface area contributed by atoms with Crippen molar-refractivity contribution in [3.8, 4) is 28.7 Å². The average Bonchev–Trinajstić information content (AvgIpc) is 3.29. The Labute approximate surface area is 194 Å². The van der Waals surface area contributed by atoms with E-state index in [1.54, 1.807) is 54.9 Å². The standard InChI is InChI=1S/C23H12BrF2N7/c24-18-12-28-21(29-13-18)16-5-2-6-17(10-16)23(25,26)22-31-30-20-8-7-19(32-33(20)22)15-4-1-3-14(9-15)11-27/h1-10,12-13H. The van der Waals surface area contributed by atoms with Gasteiger partial charge in [0.25, 0.3) is 0 Å². The molecule has 0 unspecified atom stereocenters. The van der Waals surface area contributed by atoms with Gasteiger partial charge in [0, 0.05) is 29.1 Å². The zero-order chi connectivity index (χ0) is 23.0. The first kappa shape index (κ1) is 20.8. The molecule has 5 rings (SSSR count). The van der Waals surface area contributed by atoms with E-state index >= 15 is 8.78 Å². The fourth-order valence-electron chi connectivity index (χ4n) is 3.33. The number of nitriles is 1. The predicted octanol–water partition coefficient (Wildman–Crippen LogP) is 5.02. The van der Waals surface area contributed by atoms with Gasteiger partial charge >= 0.3 is 5.92 Å². The van der Waals surface area contributed by atoms with Gasteiger partial charge in [-0.15, -0.1) is 10.2 Å². The van der Waals surface area contributed by atoms with E-state index in [1.165, 1.54) is 18.2 Å². The molecule has 0 aliphatic heterocycles. The molecule has 0 N–H and O–H groups in total. The SMILES string of the molecule is N#Cc1cccc(-c2ccc3nnc(C(F)(F)c4cccc(-c5ncc(Br)cn5)c4)n3n2)c1. The molecule has 0 amide bonds. The predicted molar refractivity (Wildman–Crippen MR) is 119 cm³/mol. The monoisotopic (exact) mass is 503 g/mol. The zero-order valence-corrected chi connectivity index (χ0v) is 18.3. The number of halogens is 3. The third-order valence-corrected chi connectivity index (χ3v) is 5.34. The van der Waals surface area contributed by atoms with Gasteiger partial charge in [-0.2, -0.15) is 23.7 Å². The fraction of sp³-hybridized carbons (Fsp3) is 0.0435. The number of hydrogen-bond acceptors (Lipinski definition) is 6. The summed E-state index contributed by atoms with van der Waals surface area (Å²) in [7, 11) is 0. The normalized spacial score (nSPS) is 11.5. The molecule has 160 valence electrons. The summed E-state index contributed by atoms with van der Waals surface area (Å²) in [6, 6.07) is 17.8. The molecule has 10 heteroatoms. The van der Waals surface area contributed by atoms with Gasteiger partial charge in [0.15, 0.2) is 11.5 Å². The van der Waals surface area contributed by atoms with Crippen LogP contribution in [-0.2, 0) is 5.92 Å². The van der Waals surface area contributed by atoms with Crippen LogP contribution in [0.25, 0.3) is 28.3 Å². The Kier molecular flexibility index (Phi) is 5.11. The Morgan fingerprint density at radius 2 is 1.67 bits per heavy atom. The molecule has 0 aliphatic rings. The molecule has 3 aromatic heterocycles. The molecular formula is C23H12BrF2N7. The zero-order valence-electron chi connectivity index (χ0n) is 16.7. The van der Waals surface area contributed by atoms with Crippen LogP contribution in [0.3, 0.4) is 0 Å². The van der Waals surface area contributed by atoms with Crippen LogP contribution >= 0.6 is 15.9 Å². The molecule has 0 radical (unpaired) electrons. The van der Waals surface area contributed by atoms with Crippen molar-refractivity contribution >= 4 is 21.6 Å². The molecule has 3 heterocycles. The molecule has 7 nitrogen and oxygen atoms in total. The first-order chi connectivity index (χ1) is 16.0. The molecule has 0 bridgehead atoms. The minimum absolute atomic E-state index is 0.178. The molecule has 33 heavy (non-hydrogen) atoms. The van der Waals surface area contributed by atoms with Gasteiger partial charge in [0.2, 0.25) is 5.82 Å². The molecule has 0 atom stereocenters. The lowest BCUT2D eigenvalue weighted by Crippen LogP contribution is -2.20. The Bertz CT molecular complexity index is 1520. The summed E-state index contributed by atoms with van der Waals surface area (Å²) in [5, 5.41) is 21.1. The summed E-state index contributed by atoms with van der Waals surface area (Å²) in [6.45, 7) is 0. The summed E-state index contributed by atoms with van der Waals surface area (Å²) in [5.41, 5.74) is 1.80. The molecule has 0 aliphatic carbocycles. The number of benzene rings is 2. The van der Waals surface area contributed by atoms with Crippen LogP contribution in [0.2, 0.25) is 0 Å². The van der Waals surface area contributed by atoms with E-state index in [9.17, 15) is 0 Å². The van der Waals surface area contributed by atoms with Crippen LogP contribution in [0.1, 0.15) is 17.0 Å². The number of fused-ring (bicyclic) bond motifs is 1. The number of nitrogens with zero attached hydrogens (tertiary/aromatic N) is 7. The highest BCUT2D eigenvalue weighted by Crippen LogP contribution is 2.36. The third-order valence-electron chi connectivity index (χ3n) is 4.93. The molecular weight excluding hydrogens is 492 g/mol. The maximum absolute atomic E-state index is 15.6.